The summed E-state index contributed by atoms with van der Waals surface area (Å²) in [7, 11) is 0. The number of hydrogen-bond acceptors (Lipinski definition) is 7. The average molecular weight is 250 g/mol. The standard InChI is InChI=1S/C10H18O7/c11-5-6-15-9(12)3-1-2-4-10(13)16-7-8-17-14/h11,14H,1-8H2. The summed E-state index contributed by atoms with van der Waals surface area (Å²) in [5.74, 6) is -0.785. The molecule has 7 heteroatoms. The molecule has 0 radical (unpaired) electrons. The van der Waals surface area contributed by atoms with Gasteiger partial charge in [0.05, 0.1) is 6.61 Å². The zero-order chi connectivity index (χ0) is 12.9. The van der Waals surface area contributed by atoms with Crippen molar-refractivity contribution in [2.75, 3.05) is 26.4 Å². The Morgan fingerprint density at radius 3 is 1.88 bits per heavy atom. The van der Waals surface area contributed by atoms with Gasteiger partial charge < -0.3 is 14.6 Å². The van der Waals surface area contributed by atoms with Crippen LogP contribution in [0.1, 0.15) is 25.7 Å². The summed E-state index contributed by atoms with van der Waals surface area (Å²) in [5, 5.41) is 16.4. The molecule has 0 amide bonds. The summed E-state index contributed by atoms with van der Waals surface area (Å²) in [6.45, 7) is -0.236. The lowest BCUT2D eigenvalue weighted by atomic mass is 10.2. The van der Waals surface area contributed by atoms with E-state index >= 15 is 0 Å². The molecular formula is C10H18O7. The van der Waals surface area contributed by atoms with Gasteiger partial charge in [0.25, 0.3) is 0 Å². The van der Waals surface area contributed by atoms with Gasteiger partial charge in [-0.15, -0.1) is 0 Å². The highest BCUT2D eigenvalue weighted by atomic mass is 17.1. The minimum absolute atomic E-state index is 0.00202. The van der Waals surface area contributed by atoms with Gasteiger partial charge in [-0.1, -0.05) is 0 Å². The molecule has 0 aliphatic carbocycles. The van der Waals surface area contributed by atoms with Crippen LogP contribution in [0.25, 0.3) is 0 Å². The third kappa shape index (κ3) is 11.1. The van der Waals surface area contributed by atoms with E-state index in [0.717, 1.165) is 0 Å². The Bertz CT molecular complexity index is 217. The minimum atomic E-state index is -0.397. The molecule has 0 fully saturated rings. The Balaban J connectivity index is 3.32. The third-order valence-electron chi connectivity index (χ3n) is 1.80. The van der Waals surface area contributed by atoms with Crippen LogP contribution < -0.4 is 0 Å². The molecule has 0 unspecified atom stereocenters. The van der Waals surface area contributed by atoms with Gasteiger partial charge in [-0.25, -0.2) is 4.89 Å². The fourth-order valence-electron chi connectivity index (χ4n) is 1.04. The summed E-state index contributed by atoms with van der Waals surface area (Å²) in [5.41, 5.74) is 0. The zero-order valence-electron chi connectivity index (χ0n) is 9.59. The van der Waals surface area contributed by atoms with Crippen LogP contribution >= 0.6 is 0 Å². The fourth-order valence-corrected chi connectivity index (χ4v) is 1.04. The van der Waals surface area contributed by atoms with Crippen molar-refractivity contribution in [2.45, 2.75) is 25.7 Å². The number of carbonyl (C=O) groups excluding carboxylic acids is 2. The predicted octanol–water partition coefficient (Wildman–Crippen LogP) is 0.115. The second kappa shape index (κ2) is 11.3. The number of rotatable bonds is 10. The van der Waals surface area contributed by atoms with Gasteiger partial charge in [-0.2, -0.15) is 0 Å². The van der Waals surface area contributed by atoms with Gasteiger partial charge in [0.15, 0.2) is 0 Å². The second-order valence-electron chi connectivity index (χ2n) is 3.20. The molecule has 0 aliphatic rings. The molecule has 0 aromatic carbocycles. The largest absolute Gasteiger partial charge is 0.463 e. The molecule has 0 aliphatic heterocycles. The van der Waals surface area contributed by atoms with Crippen LogP contribution in [-0.2, 0) is 24.0 Å². The summed E-state index contributed by atoms with van der Waals surface area (Å²) in [6.07, 6.45) is 1.47. The molecule has 0 bridgehead atoms. The lowest BCUT2D eigenvalue weighted by Crippen LogP contribution is -2.10. The Morgan fingerprint density at radius 1 is 0.882 bits per heavy atom. The van der Waals surface area contributed by atoms with E-state index in [1.165, 1.54) is 0 Å². The lowest BCUT2D eigenvalue weighted by molar-refractivity contribution is -0.248. The van der Waals surface area contributed by atoms with Crippen LogP contribution in [0.4, 0.5) is 0 Å². The van der Waals surface area contributed by atoms with E-state index in [4.69, 9.17) is 10.4 Å². The Kier molecular flexibility index (Phi) is 10.5. The number of aliphatic hydroxyl groups is 1. The van der Waals surface area contributed by atoms with E-state index in [1.54, 1.807) is 0 Å². The van der Waals surface area contributed by atoms with Crippen molar-refractivity contribution in [1.29, 1.82) is 0 Å². The van der Waals surface area contributed by atoms with Crippen LogP contribution in [0.3, 0.4) is 0 Å². The van der Waals surface area contributed by atoms with E-state index in [2.05, 4.69) is 14.4 Å². The molecule has 0 saturated carbocycles. The predicted molar refractivity (Wildman–Crippen MR) is 56.1 cm³/mol. The van der Waals surface area contributed by atoms with Crippen molar-refractivity contribution in [3.63, 3.8) is 0 Å². The van der Waals surface area contributed by atoms with E-state index in [-0.39, 0.29) is 45.2 Å². The molecule has 0 rings (SSSR count). The van der Waals surface area contributed by atoms with E-state index in [9.17, 15) is 9.59 Å². The molecule has 0 spiro atoms. The molecule has 0 heterocycles. The van der Waals surface area contributed by atoms with E-state index in [0.29, 0.717) is 12.8 Å². The van der Waals surface area contributed by atoms with Gasteiger partial charge in [0.1, 0.15) is 19.8 Å². The quantitative estimate of drug-likeness (QED) is 0.245. The number of ether oxygens (including phenoxy) is 2. The highest BCUT2D eigenvalue weighted by Gasteiger charge is 2.05. The normalized spacial score (nSPS) is 10.0. The first kappa shape index (κ1) is 15.8. The maximum absolute atomic E-state index is 11.0. The minimum Gasteiger partial charge on any atom is -0.463 e. The first-order valence-electron chi connectivity index (χ1n) is 5.39. The smallest absolute Gasteiger partial charge is 0.305 e. The fraction of sp³-hybridized carbons (Fsp3) is 0.800. The van der Waals surface area contributed by atoms with Gasteiger partial charge in [0.2, 0.25) is 0 Å². The van der Waals surface area contributed by atoms with Gasteiger partial charge >= 0.3 is 11.9 Å². The van der Waals surface area contributed by atoms with Crippen LogP contribution in [-0.4, -0.2) is 48.7 Å². The van der Waals surface area contributed by atoms with Crippen molar-refractivity contribution >= 4 is 11.9 Å². The van der Waals surface area contributed by atoms with Crippen LogP contribution in [0.2, 0.25) is 0 Å². The molecule has 2 N–H and O–H groups in total. The van der Waals surface area contributed by atoms with Gasteiger partial charge in [-0.3, -0.25) is 14.8 Å². The Hall–Kier alpha value is -1.18. The van der Waals surface area contributed by atoms with Gasteiger partial charge in [-0.05, 0) is 12.8 Å². The van der Waals surface area contributed by atoms with Crippen LogP contribution in [0.15, 0.2) is 0 Å². The number of esters is 2. The van der Waals surface area contributed by atoms with Gasteiger partial charge in [0, 0.05) is 12.8 Å². The topological polar surface area (TPSA) is 102 Å². The van der Waals surface area contributed by atoms with Crippen LogP contribution in [0, 0.1) is 0 Å². The van der Waals surface area contributed by atoms with Crippen molar-refractivity contribution in [3.05, 3.63) is 0 Å². The number of hydrogen-bond donors (Lipinski definition) is 2. The first-order valence-corrected chi connectivity index (χ1v) is 5.39. The Morgan fingerprint density at radius 2 is 1.41 bits per heavy atom. The van der Waals surface area contributed by atoms with Crippen LogP contribution in [0.5, 0.6) is 0 Å². The first-order chi connectivity index (χ1) is 8.20. The SMILES string of the molecule is O=C(CCCCC(=O)OCCOO)OCCO. The maximum atomic E-state index is 11.0. The highest BCUT2D eigenvalue weighted by Crippen LogP contribution is 2.02. The monoisotopic (exact) mass is 250 g/mol. The van der Waals surface area contributed by atoms with Crippen molar-refractivity contribution in [1.82, 2.24) is 0 Å². The third-order valence-corrected chi connectivity index (χ3v) is 1.80. The summed E-state index contributed by atoms with van der Waals surface area (Å²) < 4.78 is 9.31. The number of aliphatic hydroxyl groups excluding tert-OH is 1. The molecule has 0 atom stereocenters. The molecule has 0 aromatic heterocycles. The zero-order valence-corrected chi connectivity index (χ0v) is 9.59. The molecular weight excluding hydrogens is 232 g/mol. The summed E-state index contributed by atoms with van der Waals surface area (Å²) >= 11 is 0. The summed E-state index contributed by atoms with van der Waals surface area (Å²) in [6, 6.07) is 0. The second-order valence-corrected chi connectivity index (χ2v) is 3.20. The molecule has 0 aromatic rings. The summed E-state index contributed by atoms with van der Waals surface area (Å²) in [4.78, 5) is 25.7. The van der Waals surface area contributed by atoms with Crippen molar-refractivity contribution in [2.24, 2.45) is 0 Å². The average Bonchev–Trinajstić information content (AvgIpc) is 2.32. The molecule has 17 heavy (non-hydrogen) atoms. The van der Waals surface area contributed by atoms with Crippen molar-refractivity contribution in [3.8, 4) is 0 Å². The molecule has 0 saturated heterocycles. The molecule has 7 nitrogen and oxygen atoms in total. The van der Waals surface area contributed by atoms with E-state index in [1.807, 2.05) is 0 Å². The number of unbranched alkanes of at least 4 members (excludes halogenated alkanes) is 1. The van der Waals surface area contributed by atoms with E-state index < -0.39 is 5.97 Å². The molecule has 100 valence electrons. The lowest BCUT2D eigenvalue weighted by Gasteiger charge is -2.04. The number of carbonyl (C=O) groups is 2. The maximum Gasteiger partial charge on any atom is 0.305 e. The highest BCUT2D eigenvalue weighted by molar-refractivity contribution is 5.70. The van der Waals surface area contributed by atoms with Crippen molar-refractivity contribution < 1.29 is 34.3 Å². The Labute approximate surface area is 99.2 Å².